The Kier molecular flexibility index (Phi) is 2.48. The zero-order valence-electron chi connectivity index (χ0n) is 13.4. The highest BCUT2D eigenvalue weighted by atomic mass is 16.3. The van der Waals surface area contributed by atoms with E-state index in [1.165, 1.54) is 25.7 Å². The summed E-state index contributed by atoms with van der Waals surface area (Å²) in [6.07, 6.45) is 9.86. The third-order valence-electron chi connectivity index (χ3n) is 8.65. The molecule has 1 heteroatoms. The minimum Gasteiger partial charge on any atom is -0.389 e. The van der Waals surface area contributed by atoms with Crippen molar-refractivity contribution >= 4 is 0 Å². The molecule has 0 aromatic rings. The van der Waals surface area contributed by atoms with E-state index in [4.69, 9.17) is 0 Å². The fraction of sp³-hybridized carbons (Fsp3) is 0.895. The number of fused-ring (bicyclic) bond motifs is 4. The topological polar surface area (TPSA) is 20.2 Å². The van der Waals surface area contributed by atoms with Crippen LogP contribution < -0.4 is 0 Å². The Labute approximate surface area is 123 Å². The van der Waals surface area contributed by atoms with E-state index < -0.39 is 5.60 Å². The molecule has 112 valence electrons. The summed E-state index contributed by atoms with van der Waals surface area (Å²) < 4.78 is 0. The largest absolute Gasteiger partial charge is 0.389 e. The van der Waals surface area contributed by atoms with Gasteiger partial charge in [0, 0.05) is 5.41 Å². The molecule has 1 nitrogen and oxygen atoms in total. The van der Waals surface area contributed by atoms with Crippen LogP contribution in [0.25, 0.3) is 0 Å². The Balaban J connectivity index is 1.73. The molecule has 0 amide bonds. The van der Waals surface area contributed by atoms with Crippen molar-refractivity contribution in [2.24, 2.45) is 40.4 Å². The molecule has 0 radical (unpaired) electrons. The van der Waals surface area contributed by atoms with Crippen LogP contribution in [0.2, 0.25) is 0 Å². The van der Waals surface area contributed by atoms with Crippen LogP contribution >= 0.6 is 0 Å². The van der Waals surface area contributed by atoms with Crippen LogP contribution in [0.4, 0.5) is 0 Å². The monoisotopic (exact) mass is 274 g/mol. The molecule has 0 heterocycles. The normalized spacial score (nSPS) is 59.3. The van der Waals surface area contributed by atoms with Gasteiger partial charge in [-0.1, -0.05) is 33.3 Å². The molecule has 0 aromatic carbocycles. The van der Waals surface area contributed by atoms with E-state index in [1.54, 1.807) is 0 Å². The highest BCUT2D eigenvalue weighted by Gasteiger charge is 2.73. The molecule has 0 aromatic heterocycles. The maximum Gasteiger partial charge on any atom is 0.0740 e. The Bertz CT molecular complexity index is 453. The van der Waals surface area contributed by atoms with Gasteiger partial charge in [0.05, 0.1) is 5.60 Å². The van der Waals surface area contributed by atoms with E-state index in [-0.39, 0.29) is 10.8 Å². The van der Waals surface area contributed by atoms with Crippen LogP contribution in [0.15, 0.2) is 12.7 Å². The van der Waals surface area contributed by atoms with E-state index in [9.17, 15) is 5.11 Å². The predicted molar refractivity (Wildman–Crippen MR) is 82.2 cm³/mol. The first kappa shape index (κ1) is 13.4. The fourth-order valence-corrected chi connectivity index (χ4v) is 7.16. The van der Waals surface area contributed by atoms with Gasteiger partial charge in [-0.05, 0) is 67.1 Å². The van der Waals surface area contributed by atoms with Crippen LogP contribution in [0, 0.1) is 40.4 Å². The molecule has 4 fully saturated rings. The summed E-state index contributed by atoms with van der Waals surface area (Å²) >= 11 is 0. The molecule has 4 aliphatic carbocycles. The second kappa shape index (κ2) is 3.72. The summed E-state index contributed by atoms with van der Waals surface area (Å²) in [5.41, 5.74) is -0.0678. The van der Waals surface area contributed by atoms with Crippen LogP contribution in [-0.4, -0.2) is 10.7 Å². The minimum atomic E-state index is -0.402. The first-order chi connectivity index (χ1) is 9.33. The standard InChI is InChI=1S/C19H30O/c1-5-13-10-18(4)17(2,3)16(13)11-19(18,20)15-9-12-6-7-14(15)8-12/h5,12-16,20H,1,6-11H2,2-4H3/t12?,13?,14?,15?,16-,18-,19+/m0/s1. The smallest absolute Gasteiger partial charge is 0.0740 e. The summed E-state index contributed by atoms with van der Waals surface area (Å²) in [5, 5.41) is 11.8. The van der Waals surface area contributed by atoms with Gasteiger partial charge in [0.1, 0.15) is 0 Å². The highest BCUT2D eigenvalue weighted by molar-refractivity contribution is 5.24. The molecule has 4 unspecified atom stereocenters. The van der Waals surface area contributed by atoms with E-state index in [0.717, 1.165) is 24.7 Å². The molecule has 4 aliphatic rings. The van der Waals surface area contributed by atoms with Crippen molar-refractivity contribution in [3.05, 3.63) is 12.7 Å². The number of hydrogen-bond acceptors (Lipinski definition) is 1. The maximum absolute atomic E-state index is 11.8. The van der Waals surface area contributed by atoms with Crippen LogP contribution in [0.5, 0.6) is 0 Å². The van der Waals surface area contributed by atoms with Crippen molar-refractivity contribution < 1.29 is 5.11 Å². The van der Waals surface area contributed by atoms with Crippen molar-refractivity contribution in [3.63, 3.8) is 0 Å². The lowest BCUT2D eigenvalue weighted by atomic mass is 9.57. The quantitative estimate of drug-likeness (QED) is 0.739. The average Bonchev–Trinajstić information content (AvgIpc) is 3.10. The van der Waals surface area contributed by atoms with E-state index in [2.05, 4.69) is 33.4 Å². The lowest BCUT2D eigenvalue weighted by Gasteiger charge is -2.51. The maximum atomic E-state index is 11.8. The third-order valence-corrected chi connectivity index (χ3v) is 8.65. The lowest BCUT2D eigenvalue weighted by molar-refractivity contribution is -0.145. The summed E-state index contributed by atoms with van der Waals surface area (Å²) in [6, 6.07) is 0. The van der Waals surface area contributed by atoms with Crippen molar-refractivity contribution in [1.82, 2.24) is 0 Å². The lowest BCUT2D eigenvalue weighted by Crippen LogP contribution is -2.54. The molecule has 1 N–H and O–H groups in total. The molecule has 7 atom stereocenters. The first-order valence-corrected chi connectivity index (χ1v) is 8.68. The van der Waals surface area contributed by atoms with Crippen molar-refractivity contribution in [3.8, 4) is 0 Å². The van der Waals surface area contributed by atoms with E-state index >= 15 is 0 Å². The van der Waals surface area contributed by atoms with Gasteiger partial charge in [-0.2, -0.15) is 0 Å². The zero-order valence-corrected chi connectivity index (χ0v) is 13.4. The Morgan fingerprint density at radius 1 is 1.05 bits per heavy atom. The molecule has 20 heavy (non-hydrogen) atoms. The summed E-state index contributed by atoms with van der Waals surface area (Å²) in [7, 11) is 0. The van der Waals surface area contributed by atoms with Crippen molar-refractivity contribution in [1.29, 1.82) is 0 Å². The van der Waals surface area contributed by atoms with Gasteiger partial charge in [-0.25, -0.2) is 0 Å². The number of aliphatic hydroxyl groups is 1. The number of hydrogen-bond donors (Lipinski definition) is 1. The fourth-order valence-electron chi connectivity index (χ4n) is 7.16. The summed E-state index contributed by atoms with van der Waals surface area (Å²) in [4.78, 5) is 0. The van der Waals surface area contributed by atoms with E-state index in [0.29, 0.717) is 17.8 Å². The SMILES string of the molecule is C=CC1C[C@@]2(C)C(C)(C)[C@H]1C[C@@]2(O)C1CC2CCC1C2. The van der Waals surface area contributed by atoms with Crippen molar-refractivity contribution in [2.45, 2.75) is 64.9 Å². The molecule has 4 rings (SSSR count). The van der Waals surface area contributed by atoms with Gasteiger partial charge in [-0.15, -0.1) is 6.58 Å². The van der Waals surface area contributed by atoms with Gasteiger partial charge in [0.15, 0.2) is 0 Å². The molecular weight excluding hydrogens is 244 g/mol. The first-order valence-electron chi connectivity index (χ1n) is 8.68. The van der Waals surface area contributed by atoms with Gasteiger partial charge in [-0.3, -0.25) is 0 Å². The van der Waals surface area contributed by atoms with E-state index in [1.807, 2.05) is 0 Å². The number of rotatable bonds is 2. The van der Waals surface area contributed by atoms with Gasteiger partial charge in [0.25, 0.3) is 0 Å². The Hall–Kier alpha value is -0.300. The molecule has 4 bridgehead atoms. The number of allylic oxidation sites excluding steroid dienone is 1. The predicted octanol–water partition coefficient (Wildman–Crippen LogP) is 4.41. The average molecular weight is 274 g/mol. The molecule has 4 saturated carbocycles. The van der Waals surface area contributed by atoms with Gasteiger partial charge >= 0.3 is 0 Å². The minimum absolute atomic E-state index is 0.0820. The molecule has 0 saturated heterocycles. The van der Waals surface area contributed by atoms with Crippen LogP contribution in [-0.2, 0) is 0 Å². The second-order valence-electron chi connectivity index (χ2n) is 9.17. The highest BCUT2D eigenvalue weighted by Crippen LogP contribution is 2.75. The van der Waals surface area contributed by atoms with Crippen LogP contribution in [0.3, 0.4) is 0 Å². The zero-order chi connectivity index (χ0) is 14.3. The van der Waals surface area contributed by atoms with Crippen molar-refractivity contribution in [2.75, 3.05) is 0 Å². The third kappa shape index (κ3) is 1.26. The molecule has 0 aliphatic heterocycles. The van der Waals surface area contributed by atoms with Crippen LogP contribution in [0.1, 0.15) is 59.3 Å². The summed E-state index contributed by atoms with van der Waals surface area (Å²) in [5.74, 6) is 3.58. The Morgan fingerprint density at radius 3 is 2.25 bits per heavy atom. The second-order valence-corrected chi connectivity index (χ2v) is 9.17. The van der Waals surface area contributed by atoms with Gasteiger partial charge < -0.3 is 5.11 Å². The Morgan fingerprint density at radius 2 is 1.80 bits per heavy atom. The molecule has 0 spiro atoms. The van der Waals surface area contributed by atoms with Gasteiger partial charge in [0.2, 0.25) is 0 Å². The molecular formula is C19H30O. The summed E-state index contributed by atoms with van der Waals surface area (Å²) in [6.45, 7) is 11.3.